The van der Waals surface area contributed by atoms with Gasteiger partial charge in [0, 0.05) is 12.7 Å². The van der Waals surface area contributed by atoms with E-state index in [1.807, 2.05) is 0 Å². The van der Waals surface area contributed by atoms with Crippen LogP contribution in [-0.2, 0) is 14.6 Å². The Morgan fingerprint density at radius 1 is 1.03 bits per heavy atom. The maximum Gasteiger partial charge on any atom is 0.364 e. The molecule has 7 heteroatoms. The molecule has 0 spiro atoms. The second-order valence-corrected chi connectivity index (χ2v) is 11.0. The number of unbranched alkanes of at least 4 members (excludes halogenated alkanes) is 6. The average Bonchev–Trinajstić information content (AvgIpc) is 2.97. The molecule has 1 aliphatic rings. The van der Waals surface area contributed by atoms with Gasteiger partial charge < -0.3 is 15.3 Å². The Labute approximate surface area is 176 Å². The van der Waals surface area contributed by atoms with Gasteiger partial charge in [-0.2, -0.15) is 0 Å². The van der Waals surface area contributed by atoms with E-state index in [9.17, 15) is 23.4 Å². The van der Waals surface area contributed by atoms with E-state index in [0.717, 1.165) is 38.5 Å². The van der Waals surface area contributed by atoms with Gasteiger partial charge in [-0.1, -0.05) is 51.2 Å². The van der Waals surface area contributed by atoms with Gasteiger partial charge in [0.1, 0.15) is 9.84 Å². The molecule has 0 unspecified atom stereocenters. The molecule has 0 aliphatic heterocycles. The minimum absolute atomic E-state index is 0.176. The van der Waals surface area contributed by atoms with Crippen molar-refractivity contribution in [2.75, 3.05) is 12.0 Å². The van der Waals surface area contributed by atoms with Crippen LogP contribution in [0, 0.1) is 17.8 Å². The molecule has 1 saturated carbocycles. The summed E-state index contributed by atoms with van der Waals surface area (Å²) in [5, 5.41) is 27.4. The quantitative estimate of drug-likeness (QED) is 0.205. The monoisotopic (exact) mass is 432 g/mol. The molecule has 0 aromatic heterocycles. The highest BCUT2D eigenvalue weighted by Gasteiger charge is 2.36. The Bertz CT molecular complexity index is 611. The molecule has 0 aromatic rings. The topological polar surface area (TPSA) is 112 Å². The fourth-order valence-electron chi connectivity index (χ4n) is 4.44. The van der Waals surface area contributed by atoms with Crippen molar-refractivity contribution in [2.24, 2.45) is 17.8 Å². The molecule has 0 radical (unpaired) electrons. The van der Waals surface area contributed by atoms with Gasteiger partial charge >= 0.3 is 5.97 Å². The van der Waals surface area contributed by atoms with Crippen molar-refractivity contribution in [1.82, 2.24) is 0 Å². The molecule has 3 N–H and O–H groups in total. The second kappa shape index (κ2) is 12.7. The van der Waals surface area contributed by atoms with Crippen molar-refractivity contribution in [3.63, 3.8) is 0 Å². The number of carboxylic acid groups (broad SMARTS) is 1. The number of rotatable bonds is 15. The van der Waals surface area contributed by atoms with Crippen molar-refractivity contribution in [2.45, 2.75) is 89.8 Å². The van der Waals surface area contributed by atoms with Crippen LogP contribution in [0.2, 0.25) is 0 Å². The van der Waals surface area contributed by atoms with Crippen molar-refractivity contribution < 1.29 is 28.5 Å². The van der Waals surface area contributed by atoms with E-state index in [0.29, 0.717) is 12.3 Å². The Morgan fingerprint density at radius 2 is 1.69 bits per heavy atom. The molecule has 0 heterocycles. The van der Waals surface area contributed by atoms with E-state index in [2.05, 4.69) is 19.1 Å². The normalized spacial score (nSPS) is 23.1. The molecule has 170 valence electrons. The second-order valence-electron chi connectivity index (χ2n) is 8.77. The summed E-state index contributed by atoms with van der Waals surface area (Å²) in [5.74, 6) is -3.11. The third-order valence-corrected chi connectivity index (χ3v) is 7.07. The molecule has 3 atom stereocenters. The molecule has 6 nitrogen and oxygen atoms in total. The Balaban J connectivity index is 2.52. The average molecular weight is 433 g/mol. The Morgan fingerprint density at radius 3 is 2.31 bits per heavy atom. The van der Waals surface area contributed by atoms with E-state index in [1.165, 1.54) is 31.9 Å². The van der Waals surface area contributed by atoms with Gasteiger partial charge in [0.2, 0.25) is 0 Å². The predicted molar refractivity (Wildman–Crippen MR) is 115 cm³/mol. The number of aliphatic carboxylic acids is 1. The molecule has 1 fully saturated rings. The lowest BCUT2D eigenvalue weighted by Crippen LogP contribution is -2.37. The number of carbonyl (C=O) groups is 1. The van der Waals surface area contributed by atoms with Crippen LogP contribution >= 0.6 is 0 Å². The van der Waals surface area contributed by atoms with Crippen LogP contribution in [0.25, 0.3) is 0 Å². The maximum absolute atomic E-state index is 11.8. The first-order chi connectivity index (χ1) is 13.6. The number of hydrogen-bond acceptors (Lipinski definition) is 5. The highest BCUT2D eigenvalue weighted by Crippen LogP contribution is 2.41. The summed E-state index contributed by atoms with van der Waals surface area (Å²) in [5.41, 5.74) is 0. The molecule has 29 heavy (non-hydrogen) atoms. The van der Waals surface area contributed by atoms with Crippen molar-refractivity contribution in [3.05, 3.63) is 12.2 Å². The van der Waals surface area contributed by atoms with Gasteiger partial charge in [-0.3, -0.25) is 0 Å². The summed E-state index contributed by atoms with van der Waals surface area (Å²) < 4.78 is 23.6. The maximum atomic E-state index is 11.8. The minimum atomic E-state index is -3.01. The molecule has 0 aromatic carbocycles. The molecule has 1 aliphatic carbocycles. The Kier molecular flexibility index (Phi) is 11.4. The summed E-state index contributed by atoms with van der Waals surface area (Å²) in [7, 11) is -3.01. The van der Waals surface area contributed by atoms with E-state index in [4.69, 9.17) is 5.11 Å². The van der Waals surface area contributed by atoms with Gasteiger partial charge in [-0.25, -0.2) is 13.2 Å². The van der Waals surface area contributed by atoms with Crippen molar-refractivity contribution in [3.8, 4) is 0 Å². The lowest BCUT2D eigenvalue weighted by Gasteiger charge is -2.22. The lowest BCUT2D eigenvalue weighted by atomic mass is 9.86. The zero-order chi connectivity index (χ0) is 21.9. The summed E-state index contributed by atoms with van der Waals surface area (Å²) in [6.45, 7) is 2.19. The van der Waals surface area contributed by atoms with Crippen LogP contribution < -0.4 is 0 Å². The number of allylic oxidation sites excluding steroid dienone is 2. The molecule has 0 bridgehead atoms. The SMILES string of the molecule is CCCCCCC=C[C@@H]1[C@H](CCCCCC(O)(O)C(=O)O)CC[C@H]1CS(C)(=O)=O. The number of aliphatic hydroxyl groups is 2. The van der Waals surface area contributed by atoms with E-state index in [1.54, 1.807) is 0 Å². The lowest BCUT2D eigenvalue weighted by molar-refractivity contribution is -0.205. The predicted octanol–water partition coefficient (Wildman–Crippen LogP) is 3.92. The summed E-state index contributed by atoms with van der Waals surface area (Å²) in [6.07, 6.45) is 16.5. The third kappa shape index (κ3) is 10.6. The van der Waals surface area contributed by atoms with Gasteiger partial charge in [0.25, 0.3) is 5.79 Å². The van der Waals surface area contributed by atoms with Crippen LogP contribution in [0.3, 0.4) is 0 Å². The highest BCUT2D eigenvalue weighted by molar-refractivity contribution is 7.90. The van der Waals surface area contributed by atoms with Gasteiger partial charge in [0.15, 0.2) is 0 Å². The van der Waals surface area contributed by atoms with Gasteiger partial charge in [0.05, 0.1) is 5.75 Å². The number of carboxylic acids is 1. The molecule has 0 saturated heterocycles. The van der Waals surface area contributed by atoms with Crippen LogP contribution in [0.1, 0.15) is 84.0 Å². The smallest absolute Gasteiger partial charge is 0.364 e. The highest BCUT2D eigenvalue weighted by atomic mass is 32.2. The molecule has 0 amide bonds. The van der Waals surface area contributed by atoms with E-state index in [-0.39, 0.29) is 24.0 Å². The van der Waals surface area contributed by atoms with Crippen LogP contribution in [0.15, 0.2) is 12.2 Å². The zero-order valence-electron chi connectivity index (χ0n) is 18.1. The van der Waals surface area contributed by atoms with E-state index >= 15 is 0 Å². The molecular weight excluding hydrogens is 392 g/mol. The van der Waals surface area contributed by atoms with Crippen LogP contribution in [-0.4, -0.2) is 47.5 Å². The third-order valence-electron chi connectivity index (χ3n) is 6.04. The summed E-state index contributed by atoms with van der Waals surface area (Å²) in [6, 6.07) is 0. The molecular formula is C22H40O6S. The number of hydrogen-bond donors (Lipinski definition) is 3. The largest absolute Gasteiger partial charge is 0.477 e. The first-order valence-corrected chi connectivity index (χ1v) is 13.2. The summed E-state index contributed by atoms with van der Waals surface area (Å²) in [4.78, 5) is 10.7. The molecule has 1 rings (SSSR count). The standard InChI is InChI=1S/C22H40O6S/c1-3-4-5-6-7-10-13-20-18(14-15-19(20)17-29(2,27)28)12-9-8-11-16-22(25,26)21(23)24/h10,13,18-20,25-26H,3-9,11-12,14-17H2,1-2H3,(H,23,24)/t18-,19+,20-/m1/s1. The first-order valence-electron chi connectivity index (χ1n) is 11.1. The van der Waals surface area contributed by atoms with Crippen LogP contribution in [0.4, 0.5) is 0 Å². The Hall–Kier alpha value is -0.920. The minimum Gasteiger partial charge on any atom is -0.477 e. The fraction of sp³-hybridized carbons (Fsp3) is 0.864. The van der Waals surface area contributed by atoms with Crippen LogP contribution in [0.5, 0.6) is 0 Å². The zero-order valence-corrected chi connectivity index (χ0v) is 18.9. The van der Waals surface area contributed by atoms with Crippen molar-refractivity contribution in [1.29, 1.82) is 0 Å². The van der Waals surface area contributed by atoms with Crippen molar-refractivity contribution >= 4 is 15.8 Å². The van der Waals surface area contributed by atoms with Gasteiger partial charge in [-0.15, -0.1) is 0 Å². The first kappa shape index (κ1) is 26.1. The van der Waals surface area contributed by atoms with Gasteiger partial charge in [-0.05, 0) is 56.3 Å². The summed E-state index contributed by atoms with van der Waals surface area (Å²) >= 11 is 0. The van der Waals surface area contributed by atoms with E-state index < -0.39 is 21.6 Å². The fourth-order valence-corrected chi connectivity index (χ4v) is 5.60. The number of sulfone groups is 1.